The van der Waals surface area contributed by atoms with Crippen molar-refractivity contribution in [1.29, 1.82) is 0 Å². The molecule has 0 amide bonds. The second-order valence-corrected chi connectivity index (χ2v) is 6.67. The lowest BCUT2D eigenvalue weighted by molar-refractivity contribution is 0.622. The van der Waals surface area contributed by atoms with Crippen molar-refractivity contribution in [3.05, 3.63) is 62.5 Å². The quantitative estimate of drug-likeness (QED) is 0.501. The fourth-order valence-electron chi connectivity index (χ4n) is 2.27. The van der Waals surface area contributed by atoms with Crippen LogP contribution < -0.4 is 0 Å². The monoisotopic (exact) mass is 430 g/mol. The molecule has 2 aromatic carbocycles. The first-order chi connectivity index (χ1) is 10.1. The molecule has 0 atom stereocenters. The lowest BCUT2D eigenvalue weighted by Gasteiger charge is -2.08. The summed E-state index contributed by atoms with van der Waals surface area (Å²) in [6, 6.07) is 11.2. The Labute approximate surface area is 143 Å². The molecule has 6 heteroatoms. The predicted octanol–water partition coefficient (Wildman–Crippen LogP) is 5.49. The molecule has 0 fully saturated rings. The van der Waals surface area contributed by atoms with Gasteiger partial charge in [-0.25, -0.2) is 9.37 Å². The summed E-state index contributed by atoms with van der Waals surface area (Å²) in [5.74, 6) is 0.682. The molecule has 1 heterocycles. The summed E-state index contributed by atoms with van der Waals surface area (Å²) in [5, 5.41) is 0. The summed E-state index contributed by atoms with van der Waals surface area (Å²) < 4.78 is 17.1. The summed E-state index contributed by atoms with van der Waals surface area (Å²) >= 11 is 12.7. The smallest absolute Gasteiger partial charge is 0.139 e. The van der Waals surface area contributed by atoms with Crippen LogP contribution in [0.1, 0.15) is 11.4 Å². The van der Waals surface area contributed by atoms with E-state index in [0.717, 1.165) is 21.4 Å². The zero-order chi connectivity index (χ0) is 15.0. The largest absolute Gasteiger partial charge is 0.322 e. The molecule has 1 aromatic heterocycles. The van der Waals surface area contributed by atoms with Crippen LogP contribution in [-0.2, 0) is 12.4 Å². The number of fused-ring (bicyclic) bond motifs is 1. The van der Waals surface area contributed by atoms with Crippen molar-refractivity contribution in [3.63, 3.8) is 0 Å². The van der Waals surface area contributed by atoms with E-state index in [-0.39, 0.29) is 11.7 Å². The third kappa shape index (κ3) is 3.00. The van der Waals surface area contributed by atoms with Gasteiger partial charge in [-0.1, -0.05) is 28.1 Å². The van der Waals surface area contributed by atoms with E-state index in [1.165, 1.54) is 6.07 Å². The third-order valence-electron chi connectivity index (χ3n) is 3.22. The molecule has 0 saturated carbocycles. The summed E-state index contributed by atoms with van der Waals surface area (Å²) in [4.78, 5) is 4.41. The zero-order valence-corrected chi connectivity index (χ0v) is 14.7. The molecule has 0 spiro atoms. The maximum atomic E-state index is 13.6. The van der Waals surface area contributed by atoms with Crippen molar-refractivity contribution < 1.29 is 4.39 Å². The summed E-state index contributed by atoms with van der Waals surface area (Å²) in [6.45, 7) is 0.635. The molecule has 21 heavy (non-hydrogen) atoms. The van der Waals surface area contributed by atoms with Crippen molar-refractivity contribution in [1.82, 2.24) is 9.55 Å². The molecule has 0 aliphatic heterocycles. The van der Waals surface area contributed by atoms with Crippen LogP contribution in [0.4, 0.5) is 4.39 Å². The van der Waals surface area contributed by atoms with E-state index in [1.807, 2.05) is 28.8 Å². The normalized spacial score (nSPS) is 11.2. The Kier molecular flexibility index (Phi) is 4.33. The number of hydrogen-bond acceptors (Lipinski definition) is 1. The van der Waals surface area contributed by atoms with Crippen molar-refractivity contribution in [2.24, 2.45) is 0 Å². The fraction of sp³-hybridized carbons (Fsp3) is 0.133. The first-order valence-electron chi connectivity index (χ1n) is 6.23. The number of halogens is 4. The molecule has 108 valence electrons. The Morgan fingerprint density at radius 3 is 2.71 bits per heavy atom. The molecular weight excluding hydrogens is 422 g/mol. The summed E-state index contributed by atoms with van der Waals surface area (Å²) in [7, 11) is 0. The Hall–Kier alpha value is -0.910. The lowest BCUT2D eigenvalue weighted by atomic mass is 10.2. The minimum absolute atomic E-state index is 0.280. The third-order valence-corrected chi connectivity index (χ3v) is 4.56. The van der Waals surface area contributed by atoms with Crippen molar-refractivity contribution in [3.8, 4) is 0 Å². The topological polar surface area (TPSA) is 17.8 Å². The molecule has 0 saturated heterocycles. The number of alkyl halides is 1. The first-order valence-corrected chi connectivity index (χ1v) is 8.35. The van der Waals surface area contributed by atoms with E-state index in [9.17, 15) is 4.39 Å². The van der Waals surface area contributed by atoms with Gasteiger partial charge in [-0.05, 0) is 39.7 Å². The Morgan fingerprint density at radius 2 is 2.00 bits per heavy atom. The van der Waals surface area contributed by atoms with Gasteiger partial charge in [0.1, 0.15) is 11.6 Å². The van der Waals surface area contributed by atoms with Crippen LogP contribution in [-0.4, -0.2) is 9.55 Å². The molecule has 3 rings (SSSR count). The SMILES string of the molecule is Fc1cc2nc(CCl)n(Cc3cccc(Br)c3)c2cc1Br. The van der Waals surface area contributed by atoms with E-state index >= 15 is 0 Å². The van der Waals surface area contributed by atoms with Crippen LogP contribution in [0.3, 0.4) is 0 Å². The number of aromatic nitrogens is 2. The second kappa shape index (κ2) is 6.07. The number of hydrogen-bond donors (Lipinski definition) is 0. The average molecular weight is 433 g/mol. The Balaban J connectivity index is 2.14. The summed E-state index contributed by atoms with van der Waals surface area (Å²) in [5.41, 5.74) is 2.59. The van der Waals surface area contributed by atoms with Gasteiger partial charge in [0.2, 0.25) is 0 Å². The van der Waals surface area contributed by atoms with Gasteiger partial charge in [0, 0.05) is 17.1 Å². The molecule has 0 N–H and O–H groups in total. The van der Waals surface area contributed by atoms with Crippen LogP contribution in [0.2, 0.25) is 0 Å². The average Bonchev–Trinajstić information content (AvgIpc) is 2.77. The van der Waals surface area contributed by atoms with Crippen LogP contribution in [0.15, 0.2) is 45.3 Å². The van der Waals surface area contributed by atoms with E-state index in [1.54, 1.807) is 6.07 Å². The van der Waals surface area contributed by atoms with Gasteiger partial charge in [-0.3, -0.25) is 0 Å². The van der Waals surface area contributed by atoms with Crippen molar-refractivity contribution in [2.45, 2.75) is 12.4 Å². The highest BCUT2D eigenvalue weighted by atomic mass is 79.9. The standard InChI is InChI=1S/C15H10Br2ClFN2/c16-10-3-1-2-9(4-10)8-21-14-5-11(17)12(19)6-13(14)20-15(21)7-18/h1-6H,7-8H2. The fourth-order valence-corrected chi connectivity index (χ4v) is 3.25. The minimum Gasteiger partial charge on any atom is -0.322 e. The molecule has 0 radical (unpaired) electrons. The maximum absolute atomic E-state index is 13.6. The lowest BCUT2D eigenvalue weighted by Crippen LogP contribution is -2.03. The molecule has 0 unspecified atom stereocenters. The van der Waals surface area contributed by atoms with Crippen LogP contribution >= 0.6 is 43.5 Å². The van der Waals surface area contributed by atoms with Crippen LogP contribution in [0, 0.1) is 5.82 Å². The van der Waals surface area contributed by atoms with Gasteiger partial charge in [0.05, 0.1) is 21.4 Å². The van der Waals surface area contributed by atoms with E-state index in [2.05, 4.69) is 36.8 Å². The molecule has 3 aromatic rings. The van der Waals surface area contributed by atoms with E-state index in [4.69, 9.17) is 11.6 Å². The Morgan fingerprint density at radius 1 is 1.19 bits per heavy atom. The summed E-state index contributed by atoms with van der Waals surface area (Å²) in [6.07, 6.45) is 0. The predicted molar refractivity (Wildman–Crippen MR) is 90.2 cm³/mol. The highest BCUT2D eigenvalue weighted by molar-refractivity contribution is 9.10. The molecule has 2 nitrogen and oxygen atoms in total. The molecule has 0 bridgehead atoms. The van der Waals surface area contributed by atoms with Crippen LogP contribution in [0.25, 0.3) is 11.0 Å². The molecule has 0 aliphatic carbocycles. The number of benzene rings is 2. The zero-order valence-electron chi connectivity index (χ0n) is 10.8. The van der Waals surface area contributed by atoms with Gasteiger partial charge >= 0.3 is 0 Å². The van der Waals surface area contributed by atoms with Crippen molar-refractivity contribution in [2.75, 3.05) is 0 Å². The van der Waals surface area contributed by atoms with Gasteiger partial charge in [0.15, 0.2) is 0 Å². The minimum atomic E-state index is -0.323. The van der Waals surface area contributed by atoms with Gasteiger partial charge in [0.25, 0.3) is 0 Å². The maximum Gasteiger partial charge on any atom is 0.139 e. The second-order valence-electron chi connectivity index (χ2n) is 4.63. The van der Waals surface area contributed by atoms with Crippen LogP contribution in [0.5, 0.6) is 0 Å². The highest BCUT2D eigenvalue weighted by Gasteiger charge is 2.13. The Bertz CT molecular complexity index is 817. The number of rotatable bonds is 3. The molecule has 0 aliphatic rings. The first kappa shape index (κ1) is 15.0. The van der Waals surface area contributed by atoms with E-state index < -0.39 is 0 Å². The van der Waals surface area contributed by atoms with Gasteiger partial charge in [-0.2, -0.15) is 0 Å². The van der Waals surface area contributed by atoms with Gasteiger partial charge in [-0.15, -0.1) is 11.6 Å². The van der Waals surface area contributed by atoms with E-state index in [0.29, 0.717) is 16.5 Å². The number of imidazole rings is 1. The highest BCUT2D eigenvalue weighted by Crippen LogP contribution is 2.26. The van der Waals surface area contributed by atoms with Crippen molar-refractivity contribution >= 4 is 54.5 Å². The number of nitrogens with zero attached hydrogens (tertiary/aromatic N) is 2. The van der Waals surface area contributed by atoms with Gasteiger partial charge < -0.3 is 4.57 Å². The molecular formula is C15H10Br2ClFN2.